The Morgan fingerprint density at radius 1 is 1.47 bits per heavy atom. The highest BCUT2D eigenvalue weighted by Crippen LogP contribution is 2.26. The van der Waals surface area contributed by atoms with Gasteiger partial charge in [-0.25, -0.2) is 0 Å². The molecule has 0 fully saturated rings. The lowest BCUT2D eigenvalue weighted by Gasteiger charge is -2.02. The van der Waals surface area contributed by atoms with Crippen LogP contribution in [0.2, 0.25) is 5.02 Å². The van der Waals surface area contributed by atoms with Gasteiger partial charge < -0.3 is 0 Å². The fourth-order valence-corrected chi connectivity index (χ4v) is 2.99. The molecule has 0 aliphatic heterocycles. The summed E-state index contributed by atoms with van der Waals surface area (Å²) in [6.07, 6.45) is 1.79. The molecular formula is C12H10ClN3OS2. The largest absolute Gasteiger partial charge is 0.296 e. The van der Waals surface area contributed by atoms with E-state index in [4.69, 9.17) is 11.6 Å². The Morgan fingerprint density at radius 2 is 2.26 bits per heavy atom. The zero-order valence-electron chi connectivity index (χ0n) is 9.80. The van der Waals surface area contributed by atoms with Crippen molar-refractivity contribution in [3.8, 4) is 0 Å². The number of carbonyl (C=O) groups excluding carboxylic acids is 1. The van der Waals surface area contributed by atoms with Gasteiger partial charge in [0.15, 0.2) is 4.34 Å². The smallest absolute Gasteiger partial charge is 0.259 e. The minimum atomic E-state index is -0.290. The van der Waals surface area contributed by atoms with Gasteiger partial charge in [-0.1, -0.05) is 52.9 Å². The highest BCUT2D eigenvalue weighted by molar-refractivity contribution is 8.01. The number of carbonyl (C=O) groups is 1. The molecule has 1 heterocycles. The minimum Gasteiger partial charge on any atom is -0.296 e. The van der Waals surface area contributed by atoms with Crippen molar-refractivity contribution < 1.29 is 4.79 Å². The summed E-state index contributed by atoms with van der Waals surface area (Å²) < 4.78 is 0.786. The van der Waals surface area contributed by atoms with E-state index >= 15 is 0 Å². The van der Waals surface area contributed by atoms with Crippen molar-refractivity contribution in [1.29, 1.82) is 0 Å². The van der Waals surface area contributed by atoms with Gasteiger partial charge in [-0.15, -0.1) is 16.8 Å². The molecule has 0 spiro atoms. The first-order chi connectivity index (χ1) is 9.20. The average Bonchev–Trinajstić information content (AvgIpc) is 2.84. The van der Waals surface area contributed by atoms with Crippen LogP contribution in [-0.4, -0.2) is 21.9 Å². The van der Waals surface area contributed by atoms with Gasteiger partial charge >= 0.3 is 0 Å². The van der Waals surface area contributed by atoms with E-state index in [9.17, 15) is 4.79 Å². The highest BCUT2D eigenvalue weighted by atomic mass is 35.5. The van der Waals surface area contributed by atoms with Gasteiger partial charge in [0.2, 0.25) is 5.13 Å². The summed E-state index contributed by atoms with van der Waals surface area (Å²) >= 11 is 8.79. The van der Waals surface area contributed by atoms with Crippen LogP contribution in [0, 0.1) is 0 Å². The van der Waals surface area contributed by atoms with Crippen LogP contribution in [0.25, 0.3) is 0 Å². The minimum absolute atomic E-state index is 0.290. The summed E-state index contributed by atoms with van der Waals surface area (Å²) in [5.41, 5.74) is 0.416. The molecule has 2 aromatic rings. The molecule has 0 atom stereocenters. The van der Waals surface area contributed by atoms with Gasteiger partial charge in [0.25, 0.3) is 5.91 Å². The van der Waals surface area contributed by atoms with Crippen molar-refractivity contribution >= 4 is 45.7 Å². The normalized spacial score (nSPS) is 10.2. The third kappa shape index (κ3) is 3.79. The van der Waals surface area contributed by atoms with Crippen LogP contribution in [-0.2, 0) is 0 Å². The van der Waals surface area contributed by atoms with Crippen molar-refractivity contribution in [2.75, 3.05) is 11.1 Å². The van der Waals surface area contributed by atoms with Crippen LogP contribution in [0.3, 0.4) is 0 Å². The molecule has 0 unspecified atom stereocenters. The van der Waals surface area contributed by atoms with Crippen LogP contribution < -0.4 is 5.32 Å². The first-order valence-corrected chi connectivity index (χ1v) is 7.52. The van der Waals surface area contributed by atoms with Gasteiger partial charge in [-0.2, -0.15) is 0 Å². The second kappa shape index (κ2) is 6.70. The number of halogens is 1. The molecule has 0 saturated heterocycles. The van der Waals surface area contributed by atoms with E-state index in [2.05, 4.69) is 22.1 Å². The fourth-order valence-electron chi connectivity index (χ4n) is 1.26. The SMILES string of the molecule is C=CCSc1nnc(NC(=O)c2ccccc2Cl)s1. The Kier molecular flexibility index (Phi) is 4.95. The van der Waals surface area contributed by atoms with E-state index in [0.717, 1.165) is 10.1 Å². The van der Waals surface area contributed by atoms with Gasteiger partial charge in [0.05, 0.1) is 10.6 Å². The summed E-state index contributed by atoms with van der Waals surface area (Å²) in [6.45, 7) is 3.63. The number of benzene rings is 1. The Balaban J connectivity index is 2.05. The number of thioether (sulfide) groups is 1. The number of anilines is 1. The first kappa shape index (κ1) is 14.0. The third-order valence-electron chi connectivity index (χ3n) is 2.07. The lowest BCUT2D eigenvalue weighted by molar-refractivity contribution is 0.102. The van der Waals surface area contributed by atoms with E-state index in [0.29, 0.717) is 15.7 Å². The van der Waals surface area contributed by atoms with Gasteiger partial charge in [-0.05, 0) is 12.1 Å². The molecular weight excluding hydrogens is 302 g/mol. The van der Waals surface area contributed by atoms with Gasteiger partial charge in [-0.3, -0.25) is 10.1 Å². The fraction of sp³-hybridized carbons (Fsp3) is 0.0833. The molecule has 1 aromatic carbocycles. The van der Waals surface area contributed by atoms with Crippen molar-refractivity contribution in [3.05, 3.63) is 47.5 Å². The molecule has 2 rings (SSSR count). The monoisotopic (exact) mass is 311 g/mol. The lowest BCUT2D eigenvalue weighted by Crippen LogP contribution is -2.12. The van der Waals surface area contributed by atoms with E-state index in [1.165, 1.54) is 23.1 Å². The van der Waals surface area contributed by atoms with Crippen LogP contribution >= 0.6 is 34.7 Å². The van der Waals surface area contributed by atoms with Crippen molar-refractivity contribution in [1.82, 2.24) is 10.2 Å². The molecule has 0 aliphatic carbocycles. The Bertz CT molecular complexity index is 600. The Morgan fingerprint density at radius 3 is 3.00 bits per heavy atom. The number of nitrogens with zero attached hydrogens (tertiary/aromatic N) is 2. The Labute approximate surface area is 123 Å². The second-order valence-corrected chi connectivity index (χ2v) is 6.06. The molecule has 0 aliphatic rings. The van der Waals surface area contributed by atoms with Gasteiger partial charge in [0, 0.05) is 5.75 Å². The summed E-state index contributed by atoms with van der Waals surface area (Å²) in [5.74, 6) is 0.467. The quantitative estimate of drug-likeness (QED) is 0.519. The Hall–Kier alpha value is -1.37. The molecule has 7 heteroatoms. The molecule has 1 N–H and O–H groups in total. The molecule has 98 valence electrons. The molecule has 0 saturated carbocycles. The van der Waals surface area contributed by atoms with E-state index in [1.54, 1.807) is 30.3 Å². The first-order valence-electron chi connectivity index (χ1n) is 5.34. The van der Waals surface area contributed by atoms with Gasteiger partial charge in [0.1, 0.15) is 0 Å². The molecule has 0 radical (unpaired) electrons. The van der Waals surface area contributed by atoms with E-state index < -0.39 is 0 Å². The third-order valence-corrected chi connectivity index (χ3v) is 4.37. The number of nitrogens with one attached hydrogen (secondary N) is 1. The number of hydrogen-bond acceptors (Lipinski definition) is 5. The number of amides is 1. The molecule has 1 amide bonds. The summed E-state index contributed by atoms with van der Waals surface area (Å²) in [7, 11) is 0. The molecule has 1 aromatic heterocycles. The molecule has 0 bridgehead atoms. The van der Waals surface area contributed by atoms with Crippen molar-refractivity contribution in [2.45, 2.75) is 4.34 Å². The summed E-state index contributed by atoms with van der Waals surface area (Å²) in [5, 5.41) is 11.4. The van der Waals surface area contributed by atoms with Crippen LogP contribution in [0.15, 0.2) is 41.3 Å². The standard InChI is InChI=1S/C12H10ClN3OS2/c1-2-7-18-12-16-15-11(19-12)14-10(17)8-5-3-4-6-9(8)13/h2-6H,1,7H2,(H,14,15,17). The maximum Gasteiger partial charge on any atom is 0.259 e. The summed E-state index contributed by atoms with van der Waals surface area (Å²) in [6, 6.07) is 6.86. The summed E-state index contributed by atoms with van der Waals surface area (Å²) in [4.78, 5) is 12.0. The maximum absolute atomic E-state index is 12.0. The number of hydrogen-bond donors (Lipinski definition) is 1. The predicted octanol–water partition coefficient (Wildman–Crippen LogP) is 3.72. The predicted molar refractivity (Wildman–Crippen MR) is 80.2 cm³/mol. The number of aromatic nitrogens is 2. The van der Waals surface area contributed by atoms with Crippen LogP contribution in [0.5, 0.6) is 0 Å². The molecule has 19 heavy (non-hydrogen) atoms. The maximum atomic E-state index is 12.0. The second-order valence-electron chi connectivity index (χ2n) is 3.41. The average molecular weight is 312 g/mol. The zero-order valence-corrected chi connectivity index (χ0v) is 12.2. The van der Waals surface area contributed by atoms with E-state index in [-0.39, 0.29) is 5.91 Å². The zero-order chi connectivity index (χ0) is 13.7. The topological polar surface area (TPSA) is 54.9 Å². The number of rotatable bonds is 5. The lowest BCUT2D eigenvalue weighted by atomic mass is 10.2. The highest BCUT2D eigenvalue weighted by Gasteiger charge is 2.12. The van der Waals surface area contributed by atoms with Crippen molar-refractivity contribution in [2.24, 2.45) is 0 Å². The van der Waals surface area contributed by atoms with Crippen LogP contribution in [0.1, 0.15) is 10.4 Å². The van der Waals surface area contributed by atoms with E-state index in [1.807, 2.05) is 0 Å². The van der Waals surface area contributed by atoms with Crippen LogP contribution in [0.4, 0.5) is 5.13 Å². The molecule has 4 nitrogen and oxygen atoms in total. The van der Waals surface area contributed by atoms with Crippen molar-refractivity contribution in [3.63, 3.8) is 0 Å².